The van der Waals surface area contributed by atoms with E-state index in [1.54, 1.807) is 0 Å². The monoisotopic (exact) mass is 455 g/mol. The van der Waals surface area contributed by atoms with Gasteiger partial charge in [0.25, 0.3) is 5.91 Å². The number of nitrogens with one attached hydrogen (secondary N) is 1. The summed E-state index contributed by atoms with van der Waals surface area (Å²) in [6, 6.07) is 15.9. The Balaban J connectivity index is 1.48. The maximum atomic E-state index is 12.2. The lowest BCUT2D eigenvalue weighted by atomic mass is 10.1. The second kappa shape index (κ2) is 10.6. The topological polar surface area (TPSA) is 46.9 Å². The summed E-state index contributed by atoms with van der Waals surface area (Å²) < 4.78 is 3.32. The molecule has 0 saturated carbocycles. The van der Waals surface area contributed by atoms with Crippen molar-refractivity contribution in [3.8, 4) is 0 Å². The normalized spacial score (nSPS) is 12.2. The number of carbonyl (C=O) groups excluding carboxylic acids is 1. The summed E-state index contributed by atoms with van der Waals surface area (Å²) in [7, 11) is 0. The van der Waals surface area contributed by atoms with E-state index in [1.807, 2.05) is 24.3 Å². The number of hydrogen-bond acceptors (Lipinski definition) is 2. The van der Waals surface area contributed by atoms with Crippen LogP contribution in [0.5, 0.6) is 0 Å². The van der Waals surface area contributed by atoms with Crippen LogP contribution in [0.2, 0.25) is 0 Å². The Labute approximate surface area is 181 Å². The quantitative estimate of drug-likeness (QED) is 0.381. The van der Waals surface area contributed by atoms with Gasteiger partial charge in [0.2, 0.25) is 0 Å². The summed E-state index contributed by atoms with van der Waals surface area (Å²) in [5.41, 5.74) is 3.02. The van der Waals surface area contributed by atoms with Crippen LogP contribution in [0.4, 0.5) is 0 Å². The first-order chi connectivity index (χ1) is 14.1. The van der Waals surface area contributed by atoms with E-state index in [4.69, 9.17) is 4.98 Å². The second-order valence-corrected chi connectivity index (χ2v) is 8.63. The first kappa shape index (κ1) is 21.6. The van der Waals surface area contributed by atoms with Crippen LogP contribution in [0.3, 0.4) is 0 Å². The van der Waals surface area contributed by atoms with Gasteiger partial charge in [0, 0.05) is 29.5 Å². The molecule has 3 aromatic rings. The van der Waals surface area contributed by atoms with Crippen LogP contribution in [0, 0.1) is 5.92 Å². The highest BCUT2D eigenvalue weighted by Gasteiger charge is 2.12. The van der Waals surface area contributed by atoms with E-state index in [1.165, 1.54) is 17.8 Å². The molecule has 0 spiro atoms. The minimum atomic E-state index is -0.0124. The van der Waals surface area contributed by atoms with Crippen molar-refractivity contribution >= 4 is 32.9 Å². The Hall–Kier alpha value is -2.14. The van der Waals surface area contributed by atoms with Gasteiger partial charge in [-0.1, -0.05) is 60.8 Å². The van der Waals surface area contributed by atoms with Gasteiger partial charge in [-0.2, -0.15) is 0 Å². The molecule has 29 heavy (non-hydrogen) atoms. The number of aromatic nitrogens is 2. The lowest BCUT2D eigenvalue weighted by molar-refractivity contribution is 0.0953. The Kier molecular flexibility index (Phi) is 7.87. The molecule has 1 aromatic heterocycles. The third-order valence-corrected chi connectivity index (χ3v) is 5.87. The third-order valence-electron chi connectivity index (χ3n) is 5.37. The van der Waals surface area contributed by atoms with Crippen molar-refractivity contribution in [1.29, 1.82) is 0 Å². The molecule has 1 amide bonds. The molecule has 2 aromatic carbocycles. The van der Waals surface area contributed by atoms with Crippen molar-refractivity contribution in [3.63, 3.8) is 0 Å². The van der Waals surface area contributed by atoms with Gasteiger partial charge in [-0.05, 0) is 49.1 Å². The average molecular weight is 456 g/mol. The standard InChI is InChI=1S/C24H30BrN3O/c1-3-18(2)17-28-22-13-7-6-12-21(22)27-23(28)14-5-4-8-15-26-24(29)19-10-9-11-20(25)16-19/h6-7,9-13,16,18H,3-5,8,14-15,17H2,1-2H3,(H,26,29). The van der Waals surface area contributed by atoms with E-state index in [0.717, 1.165) is 42.2 Å². The van der Waals surface area contributed by atoms with Gasteiger partial charge in [0.05, 0.1) is 11.0 Å². The molecule has 0 aliphatic heterocycles. The molecule has 5 heteroatoms. The Morgan fingerprint density at radius 2 is 1.97 bits per heavy atom. The molecule has 0 aliphatic rings. The van der Waals surface area contributed by atoms with Crippen molar-refractivity contribution in [2.45, 2.75) is 52.5 Å². The number of fused-ring (bicyclic) bond motifs is 1. The lowest BCUT2D eigenvalue weighted by Gasteiger charge is -2.14. The van der Waals surface area contributed by atoms with E-state index in [9.17, 15) is 4.79 Å². The Morgan fingerprint density at radius 3 is 2.76 bits per heavy atom. The predicted octanol–water partition coefficient (Wildman–Crippen LogP) is 5.99. The molecule has 0 radical (unpaired) electrons. The first-order valence-corrected chi connectivity index (χ1v) is 11.4. The van der Waals surface area contributed by atoms with Crippen molar-refractivity contribution in [3.05, 3.63) is 64.4 Å². The number of para-hydroxylation sites is 2. The van der Waals surface area contributed by atoms with Gasteiger partial charge in [-0.15, -0.1) is 0 Å². The molecular weight excluding hydrogens is 426 g/mol. The van der Waals surface area contributed by atoms with Gasteiger partial charge in [-0.3, -0.25) is 4.79 Å². The van der Waals surface area contributed by atoms with E-state index in [2.05, 4.69) is 63.9 Å². The Bertz CT molecular complexity index is 950. The number of halogens is 1. The van der Waals surface area contributed by atoms with Crippen LogP contribution in [0.1, 0.15) is 55.7 Å². The third kappa shape index (κ3) is 5.92. The number of unbranched alkanes of at least 4 members (excludes halogenated alkanes) is 2. The number of rotatable bonds is 10. The van der Waals surface area contributed by atoms with Crippen LogP contribution in [-0.4, -0.2) is 22.0 Å². The smallest absolute Gasteiger partial charge is 0.251 e. The number of hydrogen-bond donors (Lipinski definition) is 1. The predicted molar refractivity (Wildman–Crippen MR) is 123 cm³/mol. The molecule has 0 aliphatic carbocycles. The van der Waals surface area contributed by atoms with Crippen LogP contribution >= 0.6 is 15.9 Å². The fourth-order valence-corrected chi connectivity index (χ4v) is 3.88. The molecule has 0 fully saturated rings. The molecule has 1 heterocycles. The van der Waals surface area contributed by atoms with Crippen LogP contribution in [0.15, 0.2) is 53.0 Å². The largest absolute Gasteiger partial charge is 0.352 e. The van der Waals surface area contributed by atoms with Gasteiger partial charge in [0.1, 0.15) is 5.82 Å². The number of imidazole rings is 1. The van der Waals surface area contributed by atoms with E-state index >= 15 is 0 Å². The maximum Gasteiger partial charge on any atom is 0.251 e. The molecule has 1 atom stereocenters. The van der Waals surface area contributed by atoms with E-state index in [-0.39, 0.29) is 5.91 Å². The van der Waals surface area contributed by atoms with Crippen LogP contribution in [-0.2, 0) is 13.0 Å². The zero-order chi connectivity index (χ0) is 20.6. The fourth-order valence-electron chi connectivity index (χ4n) is 3.48. The summed E-state index contributed by atoms with van der Waals surface area (Å²) in [6.45, 7) is 6.27. The highest BCUT2D eigenvalue weighted by Crippen LogP contribution is 2.20. The molecule has 0 bridgehead atoms. The van der Waals surface area contributed by atoms with Crippen LogP contribution < -0.4 is 5.32 Å². The average Bonchev–Trinajstić information content (AvgIpc) is 3.07. The summed E-state index contributed by atoms with van der Waals surface area (Å²) in [5.74, 6) is 1.81. The number of benzene rings is 2. The molecular formula is C24H30BrN3O. The number of nitrogens with zero attached hydrogens (tertiary/aromatic N) is 2. The van der Waals surface area contributed by atoms with E-state index in [0.29, 0.717) is 18.0 Å². The van der Waals surface area contributed by atoms with Crippen molar-refractivity contribution in [2.24, 2.45) is 5.92 Å². The van der Waals surface area contributed by atoms with Crippen molar-refractivity contribution in [1.82, 2.24) is 14.9 Å². The summed E-state index contributed by atoms with van der Waals surface area (Å²) in [4.78, 5) is 17.1. The highest BCUT2D eigenvalue weighted by atomic mass is 79.9. The molecule has 3 rings (SSSR count). The fraction of sp³-hybridized carbons (Fsp3) is 0.417. The molecule has 154 valence electrons. The molecule has 1 unspecified atom stereocenters. The van der Waals surface area contributed by atoms with E-state index < -0.39 is 0 Å². The molecule has 1 N–H and O–H groups in total. The molecule has 0 saturated heterocycles. The highest BCUT2D eigenvalue weighted by molar-refractivity contribution is 9.10. The number of amides is 1. The van der Waals surface area contributed by atoms with Gasteiger partial charge in [0.15, 0.2) is 0 Å². The van der Waals surface area contributed by atoms with Crippen molar-refractivity contribution in [2.75, 3.05) is 6.54 Å². The van der Waals surface area contributed by atoms with Gasteiger partial charge in [-0.25, -0.2) is 4.98 Å². The summed E-state index contributed by atoms with van der Waals surface area (Å²) in [6.07, 6.45) is 5.28. The van der Waals surface area contributed by atoms with Gasteiger partial charge < -0.3 is 9.88 Å². The minimum absolute atomic E-state index is 0.0124. The molecule has 4 nitrogen and oxygen atoms in total. The zero-order valence-electron chi connectivity index (χ0n) is 17.3. The zero-order valence-corrected chi connectivity index (χ0v) is 18.9. The minimum Gasteiger partial charge on any atom is -0.352 e. The Morgan fingerprint density at radius 1 is 1.14 bits per heavy atom. The number of aryl methyl sites for hydroxylation is 1. The van der Waals surface area contributed by atoms with Crippen molar-refractivity contribution < 1.29 is 4.79 Å². The SMILES string of the molecule is CCC(C)Cn1c(CCCCCNC(=O)c2cccc(Br)c2)nc2ccccc21. The maximum absolute atomic E-state index is 12.2. The number of carbonyl (C=O) groups is 1. The second-order valence-electron chi connectivity index (χ2n) is 7.72. The van der Waals surface area contributed by atoms with Crippen LogP contribution in [0.25, 0.3) is 11.0 Å². The summed E-state index contributed by atoms with van der Waals surface area (Å²) in [5, 5.41) is 3.01. The van der Waals surface area contributed by atoms with Gasteiger partial charge >= 0.3 is 0 Å². The lowest BCUT2D eigenvalue weighted by Crippen LogP contribution is -2.24. The summed E-state index contributed by atoms with van der Waals surface area (Å²) >= 11 is 3.40. The first-order valence-electron chi connectivity index (χ1n) is 10.6.